The molecule has 3 amide bonds. The lowest BCUT2D eigenvalue weighted by atomic mass is 10.7. The van der Waals surface area contributed by atoms with Crippen molar-refractivity contribution in [2.24, 2.45) is 0 Å². The summed E-state index contributed by atoms with van der Waals surface area (Å²) < 4.78 is 1.13. The van der Waals surface area contributed by atoms with Gasteiger partial charge in [0.2, 0.25) is 5.91 Å². The molecule has 1 saturated heterocycles. The van der Waals surface area contributed by atoms with Crippen LogP contribution in [0.1, 0.15) is 0 Å². The minimum atomic E-state index is -0.394. The highest BCUT2D eigenvalue weighted by Gasteiger charge is 2.23. The molecule has 0 aromatic carbocycles. The van der Waals surface area contributed by atoms with Crippen molar-refractivity contribution in [1.29, 1.82) is 0 Å². The summed E-state index contributed by atoms with van der Waals surface area (Å²) in [5.41, 5.74) is 0. The van der Waals surface area contributed by atoms with E-state index in [1.54, 1.807) is 0 Å². The fourth-order valence-electron chi connectivity index (χ4n) is 0.417. The Morgan fingerprint density at radius 2 is 2.25 bits per heavy atom. The molecule has 1 aliphatic heterocycles. The van der Waals surface area contributed by atoms with Crippen molar-refractivity contribution in [3.05, 3.63) is 0 Å². The van der Waals surface area contributed by atoms with E-state index in [2.05, 4.69) is 21.5 Å². The number of nitrogens with zero attached hydrogens (tertiary/aromatic N) is 1. The van der Waals surface area contributed by atoms with Gasteiger partial charge >= 0.3 is 6.03 Å². The Kier molecular flexibility index (Phi) is 1.21. The minimum Gasteiger partial charge on any atom is -0.276 e. The summed E-state index contributed by atoms with van der Waals surface area (Å²) in [6.07, 6.45) is 0. The van der Waals surface area contributed by atoms with E-state index >= 15 is 0 Å². The summed E-state index contributed by atoms with van der Waals surface area (Å²) in [4.78, 5) is 20.6. The molecule has 0 aliphatic carbocycles. The van der Waals surface area contributed by atoms with Crippen LogP contribution in [0.4, 0.5) is 4.79 Å². The van der Waals surface area contributed by atoms with Gasteiger partial charge in [-0.3, -0.25) is 14.0 Å². The van der Waals surface area contributed by atoms with Gasteiger partial charge in [-0.1, -0.05) is 0 Å². The number of nitrogens with one attached hydrogen (secondary N) is 1. The van der Waals surface area contributed by atoms with Gasteiger partial charge in [0.1, 0.15) is 6.54 Å². The van der Waals surface area contributed by atoms with E-state index < -0.39 is 6.03 Å². The SMILES string of the molecule is O=C1CN(Br)C(=O)N1. The molecule has 5 heteroatoms. The minimum absolute atomic E-state index is 0.110. The fourth-order valence-corrected chi connectivity index (χ4v) is 0.734. The zero-order chi connectivity index (χ0) is 6.15. The summed E-state index contributed by atoms with van der Waals surface area (Å²) in [6, 6.07) is -0.394. The topological polar surface area (TPSA) is 49.4 Å². The van der Waals surface area contributed by atoms with E-state index in [0.29, 0.717) is 0 Å². The molecular formula is C3H3BrN2O2. The summed E-state index contributed by atoms with van der Waals surface area (Å²) in [6.45, 7) is 0.110. The molecule has 0 spiro atoms. The first kappa shape index (κ1) is 5.55. The molecule has 1 heterocycles. The lowest BCUT2D eigenvalue weighted by Gasteiger charge is -1.95. The van der Waals surface area contributed by atoms with E-state index in [9.17, 15) is 9.59 Å². The molecule has 1 N–H and O–H groups in total. The number of halogens is 1. The smallest absolute Gasteiger partial charge is 0.276 e. The Balaban J connectivity index is 2.64. The molecule has 0 saturated carbocycles. The number of urea groups is 1. The Hall–Kier alpha value is -0.580. The molecule has 1 fully saturated rings. The number of rotatable bonds is 0. The normalized spacial score (nSPS) is 19.4. The van der Waals surface area contributed by atoms with Crippen LogP contribution < -0.4 is 5.32 Å². The van der Waals surface area contributed by atoms with Crippen LogP contribution >= 0.6 is 16.1 Å². The maximum atomic E-state index is 10.3. The highest BCUT2D eigenvalue weighted by atomic mass is 79.9. The summed E-state index contributed by atoms with van der Waals surface area (Å²) in [5, 5.41) is 2.07. The zero-order valence-corrected chi connectivity index (χ0v) is 5.43. The predicted octanol–water partition coefficient (Wildman–Crippen LogP) is -0.152. The summed E-state index contributed by atoms with van der Waals surface area (Å²) in [5.74, 6) is -0.271. The molecule has 0 bridgehead atoms. The molecular weight excluding hydrogens is 176 g/mol. The fraction of sp³-hybridized carbons (Fsp3) is 0.333. The number of hydrogen-bond acceptors (Lipinski definition) is 2. The monoisotopic (exact) mass is 178 g/mol. The van der Waals surface area contributed by atoms with Gasteiger partial charge in [-0.15, -0.1) is 0 Å². The zero-order valence-electron chi connectivity index (χ0n) is 3.85. The van der Waals surface area contributed by atoms with Gasteiger partial charge in [-0.2, -0.15) is 0 Å². The number of imide groups is 1. The average molecular weight is 179 g/mol. The van der Waals surface area contributed by atoms with Gasteiger partial charge in [-0.25, -0.2) is 4.79 Å². The van der Waals surface area contributed by atoms with Crippen molar-refractivity contribution in [1.82, 2.24) is 9.24 Å². The Bertz CT molecular complexity index is 146. The van der Waals surface area contributed by atoms with Crippen molar-refractivity contribution in [2.75, 3.05) is 6.54 Å². The highest BCUT2D eigenvalue weighted by Crippen LogP contribution is 2.02. The maximum Gasteiger partial charge on any atom is 0.334 e. The van der Waals surface area contributed by atoms with E-state index in [1.807, 2.05) is 0 Å². The standard InChI is InChI=1S/C3H3BrN2O2/c4-6-1-2(7)5-3(6)8/h1H2,(H,5,7,8). The van der Waals surface area contributed by atoms with Crippen LogP contribution in [0.25, 0.3) is 0 Å². The van der Waals surface area contributed by atoms with Crippen molar-refractivity contribution >= 4 is 28.1 Å². The van der Waals surface area contributed by atoms with Gasteiger partial charge < -0.3 is 0 Å². The van der Waals surface area contributed by atoms with Crippen LogP contribution in [0.15, 0.2) is 0 Å². The molecule has 0 radical (unpaired) electrons. The van der Waals surface area contributed by atoms with E-state index in [4.69, 9.17) is 0 Å². The number of carbonyl (C=O) groups is 2. The van der Waals surface area contributed by atoms with Gasteiger partial charge in [0.05, 0.1) is 16.1 Å². The quantitative estimate of drug-likeness (QED) is 0.415. The maximum absolute atomic E-state index is 10.3. The van der Waals surface area contributed by atoms with Crippen molar-refractivity contribution in [3.8, 4) is 0 Å². The first-order chi connectivity index (χ1) is 3.70. The predicted molar refractivity (Wildman–Crippen MR) is 29.2 cm³/mol. The Morgan fingerprint density at radius 1 is 1.62 bits per heavy atom. The van der Waals surface area contributed by atoms with Gasteiger partial charge in [0.15, 0.2) is 0 Å². The molecule has 0 aromatic rings. The van der Waals surface area contributed by atoms with Crippen LogP contribution in [0, 0.1) is 0 Å². The number of carbonyl (C=O) groups excluding carboxylic acids is 2. The first-order valence-electron chi connectivity index (χ1n) is 1.97. The molecule has 0 atom stereocenters. The third kappa shape index (κ3) is 0.812. The molecule has 0 unspecified atom stereocenters. The second kappa shape index (κ2) is 1.74. The third-order valence-corrected chi connectivity index (χ3v) is 1.32. The van der Waals surface area contributed by atoms with Crippen molar-refractivity contribution < 1.29 is 9.59 Å². The van der Waals surface area contributed by atoms with Gasteiger partial charge in [-0.05, 0) is 0 Å². The van der Waals surface area contributed by atoms with E-state index in [0.717, 1.165) is 3.93 Å². The highest BCUT2D eigenvalue weighted by molar-refractivity contribution is 9.07. The van der Waals surface area contributed by atoms with Crippen LogP contribution in [0.3, 0.4) is 0 Å². The number of hydrogen-bond donors (Lipinski definition) is 1. The van der Waals surface area contributed by atoms with E-state index in [-0.39, 0.29) is 12.5 Å². The van der Waals surface area contributed by atoms with Crippen LogP contribution in [-0.4, -0.2) is 22.4 Å². The summed E-state index contributed by atoms with van der Waals surface area (Å²) in [7, 11) is 0. The Morgan fingerprint density at radius 3 is 2.38 bits per heavy atom. The molecule has 0 aromatic heterocycles. The van der Waals surface area contributed by atoms with Crippen LogP contribution in [-0.2, 0) is 4.79 Å². The largest absolute Gasteiger partial charge is 0.334 e. The second-order valence-corrected chi connectivity index (χ2v) is 2.23. The van der Waals surface area contributed by atoms with Crippen molar-refractivity contribution in [3.63, 3.8) is 0 Å². The Labute approximate surface area is 54.2 Å². The number of amides is 3. The summed E-state index contributed by atoms with van der Waals surface area (Å²) >= 11 is 2.84. The lowest BCUT2D eigenvalue weighted by molar-refractivity contribution is -0.118. The second-order valence-electron chi connectivity index (χ2n) is 1.37. The molecule has 4 nitrogen and oxygen atoms in total. The van der Waals surface area contributed by atoms with Crippen molar-refractivity contribution in [2.45, 2.75) is 0 Å². The van der Waals surface area contributed by atoms with Gasteiger partial charge in [0.25, 0.3) is 0 Å². The molecule has 1 rings (SSSR count). The first-order valence-corrected chi connectivity index (χ1v) is 2.68. The molecule has 8 heavy (non-hydrogen) atoms. The molecule has 1 aliphatic rings. The average Bonchev–Trinajstić information content (AvgIpc) is 1.85. The third-order valence-electron chi connectivity index (χ3n) is 0.749. The van der Waals surface area contributed by atoms with Crippen LogP contribution in [0.2, 0.25) is 0 Å². The molecule has 44 valence electrons. The lowest BCUT2D eigenvalue weighted by Crippen LogP contribution is -2.21. The van der Waals surface area contributed by atoms with Gasteiger partial charge in [0, 0.05) is 0 Å². The van der Waals surface area contributed by atoms with E-state index in [1.165, 1.54) is 0 Å². The van der Waals surface area contributed by atoms with Crippen LogP contribution in [0.5, 0.6) is 0 Å².